The maximum Gasteiger partial charge on any atom is 0.329 e. The van der Waals surface area contributed by atoms with Gasteiger partial charge in [-0.25, -0.2) is 4.79 Å². The van der Waals surface area contributed by atoms with Crippen LogP contribution in [-0.2, 0) is 9.53 Å². The molecule has 88 valence electrons. The minimum absolute atomic E-state index is 0.0296. The molecule has 0 radical (unpaired) electrons. The molecule has 1 saturated heterocycles. The van der Waals surface area contributed by atoms with Gasteiger partial charge in [-0.1, -0.05) is 12.1 Å². The molecule has 2 aromatic rings. The lowest BCUT2D eigenvalue weighted by molar-refractivity contribution is -0.140. The van der Waals surface area contributed by atoms with Crippen molar-refractivity contribution in [3.63, 3.8) is 0 Å². The number of nitrogens with zero attached hydrogens (tertiary/aromatic N) is 1. The Kier molecular flexibility index (Phi) is 2.01. The maximum atomic E-state index is 11.5. The number of hydrogen-bond acceptors (Lipinski definition) is 4. The summed E-state index contributed by atoms with van der Waals surface area (Å²) in [6.07, 6.45) is 2.31. The smallest absolute Gasteiger partial charge is 0.329 e. The number of nitrogens with two attached hydrogens (primary N) is 1. The summed E-state index contributed by atoms with van der Waals surface area (Å²) in [4.78, 5) is 11.5. The Balaban J connectivity index is 2.21. The van der Waals surface area contributed by atoms with Gasteiger partial charge >= 0.3 is 5.97 Å². The molecule has 1 aromatic carbocycles. The summed E-state index contributed by atoms with van der Waals surface area (Å²) in [6.45, 7) is 0.396. The van der Waals surface area contributed by atoms with Crippen LogP contribution in [0, 0.1) is 0 Å². The van der Waals surface area contributed by atoms with Gasteiger partial charge in [-0.15, -0.1) is 0 Å². The zero-order valence-corrected chi connectivity index (χ0v) is 9.09. The van der Waals surface area contributed by atoms with Crippen LogP contribution in [0.4, 0.5) is 5.69 Å². The lowest BCUT2D eigenvalue weighted by Crippen LogP contribution is -2.12. The SMILES string of the molecule is Nc1cccc2cn([C@@H]3CCOC3=O)c(O)c12. The number of aromatic nitrogens is 1. The van der Waals surface area contributed by atoms with Crippen molar-refractivity contribution in [3.05, 3.63) is 24.4 Å². The number of hydrogen-bond donors (Lipinski definition) is 2. The predicted octanol–water partition coefficient (Wildman–Crippen LogP) is 1.42. The quantitative estimate of drug-likeness (QED) is 0.575. The van der Waals surface area contributed by atoms with Crippen molar-refractivity contribution in [2.75, 3.05) is 12.3 Å². The summed E-state index contributed by atoms with van der Waals surface area (Å²) in [5.41, 5.74) is 6.32. The van der Waals surface area contributed by atoms with Crippen LogP contribution >= 0.6 is 0 Å². The topological polar surface area (TPSA) is 77.5 Å². The van der Waals surface area contributed by atoms with Crippen LogP contribution in [-0.4, -0.2) is 22.2 Å². The second kappa shape index (κ2) is 3.41. The van der Waals surface area contributed by atoms with Crippen LogP contribution < -0.4 is 5.73 Å². The molecule has 3 rings (SSSR count). The van der Waals surface area contributed by atoms with Gasteiger partial charge in [0.2, 0.25) is 5.88 Å². The molecule has 0 saturated carbocycles. The lowest BCUT2D eigenvalue weighted by Gasteiger charge is -2.08. The van der Waals surface area contributed by atoms with Gasteiger partial charge in [0.15, 0.2) is 0 Å². The molecule has 0 unspecified atom stereocenters. The van der Waals surface area contributed by atoms with Gasteiger partial charge in [0, 0.05) is 23.7 Å². The monoisotopic (exact) mass is 232 g/mol. The highest BCUT2D eigenvalue weighted by Gasteiger charge is 2.30. The van der Waals surface area contributed by atoms with Crippen molar-refractivity contribution in [2.24, 2.45) is 0 Å². The fourth-order valence-corrected chi connectivity index (χ4v) is 2.27. The van der Waals surface area contributed by atoms with Crippen LogP contribution in [0.2, 0.25) is 0 Å². The predicted molar refractivity (Wildman–Crippen MR) is 62.6 cm³/mol. The number of benzene rings is 1. The standard InChI is InChI=1S/C12H12N2O3/c13-8-3-1-2-7-6-14(11(15)10(7)8)9-4-5-17-12(9)16/h1-3,6,9,15H,4-5,13H2/t9-/m1/s1. The third-order valence-corrected chi connectivity index (χ3v) is 3.12. The number of rotatable bonds is 1. The van der Waals surface area contributed by atoms with Gasteiger partial charge in [-0.05, 0) is 6.07 Å². The molecule has 1 aliphatic heterocycles. The zero-order valence-electron chi connectivity index (χ0n) is 9.09. The first kappa shape index (κ1) is 10.0. The van der Waals surface area contributed by atoms with E-state index in [1.54, 1.807) is 12.3 Å². The summed E-state index contributed by atoms with van der Waals surface area (Å²) in [5, 5.41) is 11.5. The number of cyclic esters (lactones) is 1. The molecule has 5 nitrogen and oxygen atoms in total. The highest BCUT2D eigenvalue weighted by Crippen LogP contribution is 2.36. The Bertz CT molecular complexity index is 603. The van der Waals surface area contributed by atoms with Crippen molar-refractivity contribution >= 4 is 22.4 Å². The van der Waals surface area contributed by atoms with Crippen LogP contribution in [0.3, 0.4) is 0 Å². The second-order valence-corrected chi connectivity index (χ2v) is 4.14. The van der Waals surface area contributed by atoms with Crippen molar-refractivity contribution < 1.29 is 14.6 Å². The van der Waals surface area contributed by atoms with E-state index in [-0.39, 0.29) is 11.8 Å². The van der Waals surface area contributed by atoms with E-state index < -0.39 is 6.04 Å². The molecule has 0 aliphatic carbocycles. The zero-order chi connectivity index (χ0) is 12.0. The number of esters is 1. The Morgan fingerprint density at radius 3 is 2.94 bits per heavy atom. The van der Waals surface area contributed by atoms with E-state index in [9.17, 15) is 9.90 Å². The Morgan fingerprint density at radius 2 is 2.29 bits per heavy atom. The largest absolute Gasteiger partial charge is 0.494 e. The van der Waals surface area contributed by atoms with Gasteiger partial charge in [-0.3, -0.25) is 0 Å². The third-order valence-electron chi connectivity index (χ3n) is 3.12. The molecule has 0 spiro atoms. The minimum Gasteiger partial charge on any atom is -0.494 e. The fourth-order valence-electron chi connectivity index (χ4n) is 2.27. The normalized spacial score (nSPS) is 19.8. The van der Waals surface area contributed by atoms with Crippen LogP contribution in [0.1, 0.15) is 12.5 Å². The van der Waals surface area contributed by atoms with Gasteiger partial charge < -0.3 is 20.1 Å². The first-order valence-electron chi connectivity index (χ1n) is 5.43. The van der Waals surface area contributed by atoms with Crippen molar-refractivity contribution in [2.45, 2.75) is 12.5 Å². The lowest BCUT2D eigenvalue weighted by atomic mass is 10.2. The molecule has 1 aliphatic rings. The van der Waals surface area contributed by atoms with Gasteiger partial charge in [0.05, 0.1) is 12.0 Å². The van der Waals surface area contributed by atoms with Crippen LogP contribution in [0.15, 0.2) is 24.4 Å². The van der Waals surface area contributed by atoms with Crippen molar-refractivity contribution in [1.29, 1.82) is 0 Å². The Labute approximate surface area is 97.4 Å². The average molecular weight is 232 g/mol. The number of ether oxygens (including phenoxy) is 1. The third kappa shape index (κ3) is 1.35. The van der Waals surface area contributed by atoms with Crippen molar-refractivity contribution in [1.82, 2.24) is 4.57 Å². The van der Waals surface area contributed by atoms with Gasteiger partial charge in [0.1, 0.15) is 6.04 Å². The van der Waals surface area contributed by atoms with Crippen LogP contribution in [0.25, 0.3) is 10.8 Å². The number of nitrogen functional groups attached to an aromatic ring is 1. The van der Waals surface area contributed by atoms with E-state index in [2.05, 4.69) is 0 Å². The molecule has 5 heteroatoms. The van der Waals surface area contributed by atoms with E-state index in [4.69, 9.17) is 10.5 Å². The molecule has 3 N–H and O–H groups in total. The molecule has 17 heavy (non-hydrogen) atoms. The molecule has 2 heterocycles. The number of fused-ring (bicyclic) bond motifs is 1. The van der Waals surface area contributed by atoms with E-state index >= 15 is 0 Å². The molecular formula is C12H12N2O3. The van der Waals surface area contributed by atoms with E-state index in [0.29, 0.717) is 24.1 Å². The second-order valence-electron chi connectivity index (χ2n) is 4.14. The number of anilines is 1. The Morgan fingerprint density at radius 1 is 1.47 bits per heavy atom. The minimum atomic E-state index is -0.443. The van der Waals surface area contributed by atoms with Gasteiger partial charge in [0.25, 0.3) is 0 Å². The van der Waals surface area contributed by atoms with Gasteiger partial charge in [-0.2, -0.15) is 0 Å². The number of aromatic hydroxyl groups is 1. The van der Waals surface area contributed by atoms with Crippen LogP contribution in [0.5, 0.6) is 5.88 Å². The summed E-state index contributed by atoms with van der Waals surface area (Å²) in [7, 11) is 0. The van der Waals surface area contributed by atoms with E-state index in [1.807, 2.05) is 12.1 Å². The molecule has 1 atom stereocenters. The average Bonchev–Trinajstić information content (AvgIpc) is 2.84. The molecule has 1 aromatic heterocycles. The Hall–Kier alpha value is -2.17. The van der Waals surface area contributed by atoms with E-state index in [0.717, 1.165) is 5.39 Å². The molecule has 0 amide bonds. The molecular weight excluding hydrogens is 220 g/mol. The van der Waals surface area contributed by atoms with Crippen molar-refractivity contribution in [3.8, 4) is 5.88 Å². The molecule has 0 bridgehead atoms. The maximum absolute atomic E-state index is 11.5. The molecule has 1 fully saturated rings. The highest BCUT2D eigenvalue weighted by atomic mass is 16.5. The highest BCUT2D eigenvalue weighted by molar-refractivity contribution is 5.98. The summed E-state index contributed by atoms with van der Waals surface area (Å²) < 4.78 is 6.44. The summed E-state index contributed by atoms with van der Waals surface area (Å²) in [6, 6.07) is 4.94. The first-order valence-corrected chi connectivity index (χ1v) is 5.43. The summed E-state index contributed by atoms with van der Waals surface area (Å²) >= 11 is 0. The van der Waals surface area contributed by atoms with E-state index in [1.165, 1.54) is 4.57 Å². The summed E-state index contributed by atoms with van der Waals surface area (Å²) in [5.74, 6) is -0.277. The fraction of sp³-hybridized carbons (Fsp3) is 0.250. The number of carbonyl (C=O) groups is 1. The number of carbonyl (C=O) groups excluding carboxylic acids is 1. The first-order chi connectivity index (χ1) is 8.18.